The molecule has 1 saturated carbocycles. The zero-order valence-corrected chi connectivity index (χ0v) is 11.1. The minimum Gasteiger partial charge on any atom is -0.312 e. The third-order valence-electron chi connectivity index (χ3n) is 2.96. The van der Waals surface area contributed by atoms with E-state index in [-0.39, 0.29) is 0 Å². The van der Waals surface area contributed by atoms with Crippen LogP contribution in [0.3, 0.4) is 0 Å². The topological polar surface area (TPSA) is 12.0 Å². The molecular weight excluding hydrogens is 264 g/mol. The van der Waals surface area contributed by atoms with Crippen molar-refractivity contribution < 1.29 is 0 Å². The highest BCUT2D eigenvalue weighted by Crippen LogP contribution is 2.31. The van der Waals surface area contributed by atoms with Gasteiger partial charge >= 0.3 is 0 Å². The monoisotopic (exact) mass is 277 g/mol. The average molecular weight is 279 g/mol. The highest BCUT2D eigenvalue weighted by Gasteiger charge is 2.26. The maximum atomic E-state index is 6.09. The van der Waals surface area contributed by atoms with Gasteiger partial charge in [-0.05, 0) is 36.9 Å². The molecule has 1 aromatic carbocycles. The van der Waals surface area contributed by atoms with Crippen molar-refractivity contribution in [3.05, 3.63) is 33.8 Å². The van der Waals surface area contributed by atoms with Gasteiger partial charge in [0.15, 0.2) is 0 Å². The minimum atomic E-state index is 0.390. The zero-order chi connectivity index (χ0) is 11.5. The quantitative estimate of drug-likeness (QED) is 0.818. The summed E-state index contributed by atoms with van der Waals surface area (Å²) in [4.78, 5) is 0. The molecule has 1 N–H and O–H groups in total. The third kappa shape index (κ3) is 3.04. The standard InChI is InChI=1S/C12H14Cl3N/c13-10-4-8(5-10)6-16-7-9-2-1-3-11(14)12(9)15/h1-3,8,10,16H,4-7H2. The first-order chi connectivity index (χ1) is 7.66. The van der Waals surface area contributed by atoms with Gasteiger partial charge in [0.2, 0.25) is 0 Å². The summed E-state index contributed by atoms with van der Waals surface area (Å²) in [5, 5.41) is 5.05. The Balaban J connectivity index is 1.79. The number of benzene rings is 1. The Morgan fingerprint density at radius 3 is 2.69 bits per heavy atom. The highest BCUT2D eigenvalue weighted by atomic mass is 35.5. The van der Waals surface area contributed by atoms with Gasteiger partial charge in [0.1, 0.15) is 0 Å². The summed E-state index contributed by atoms with van der Waals surface area (Å²) in [6.45, 7) is 1.77. The average Bonchev–Trinajstić information content (AvgIpc) is 2.21. The molecular formula is C12H14Cl3N. The summed E-state index contributed by atoms with van der Waals surface area (Å²) in [7, 11) is 0. The van der Waals surface area contributed by atoms with Gasteiger partial charge in [0.25, 0.3) is 0 Å². The van der Waals surface area contributed by atoms with Crippen LogP contribution in [0.5, 0.6) is 0 Å². The number of hydrogen-bond acceptors (Lipinski definition) is 1. The molecule has 1 aliphatic carbocycles. The molecule has 0 unspecified atom stereocenters. The Morgan fingerprint density at radius 1 is 1.25 bits per heavy atom. The Hall–Kier alpha value is 0.0500. The normalized spacial score (nSPS) is 24.2. The molecule has 0 heterocycles. The van der Waals surface area contributed by atoms with Crippen molar-refractivity contribution in [2.75, 3.05) is 6.54 Å². The van der Waals surface area contributed by atoms with E-state index in [1.54, 1.807) is 6.07 Å². The molecule has 0 spiro atoms. The van der Waals surface area contributed by atoms with Crippen molar-refractivity contribution in [2.45, 2.75) is 24.8 Å². The van der Waals surface area contributed by atoms with Crippen LogP contribution in [0.25, 0.3) is 0 Å². The number of nitrogens with one attached hydrogen (secondary N) is 1. The van der Waals surface area contributed by atoms with Crippen LogP contribution in [0.1, 0.15) is 18.4 Å². The Labute approximate surface area is 111 Å². The van der Waals surface area contributed by atoms with E-state index in [2.05, 4.69) is 5.32 Å². The summed E-state index contributed by atoms with van der Waals surface area (Å²) in [6, 6.07) is 5.72. The van der Waals surface area contributed by atoms with Crippen molar-refractivity contribution >= 4 is 34.8 Å². The predicted molar refractivity (Wildman–Crippen MR) is 70.5 cm³/mol. The highest BCUT2D eigenvalue weighted by molar-refractivity contribution is 6.42. The van der Waals surface area contributed by atoms with E-state index in [1.807, 2.05) is 12.1 Å². The zero-order valence-electron chi connectivity index (χ0n) is 8.85. The fourth-order valence-corrected chi connectivity index (χ4v) is 2.81. The summed E-state index contributed by atoms with van der Waals surface area (Å²) in [5.74, 6) is 0.723. The van der Waals surface area contributed by atoms with Crippen LogP contribution in [0.15, 0.2) is 18.2 Å². The molecule has 16 heavy (non-hydrogen) atoms. The number of halogens is 3. The van der Waals surface area contributed by atoms with Gasteiger partial charge in [-0.15, -0.1) is 11.6 Å². The summed E-state index contributed by atoms with van der Waals surface area (Å²) >= 11 is 17.9. The van der Waals surface area contributed by atoms with E-state index in [4.69, 9.17) is 34.8 Å². The lowest BCUT2D eigenvalue weighted by Crippen LogP contribution is -2.33. The Bertz CT molecular complexity index is 361. The maximum Gasteiger partial charge on any atom is 0.0637 e. The molecule has 0 radical (unpaired) electrons. The first-order valence-corrected chi connectivity index (χ1v) is 6.63. The molecule has 0 bridgehead atoms. The van der Waals surface area contributed by atoms with E-state index in [0.717, 1.165) is 37.4 Å². The summed E-state index contributed by atoms with van der Waals surface area (Å²) < 4.78 is 0. The van der Waals surface area contributed by atoms with Crippen LogP contribution in [0, 0.1) is 5.92 Å². The van der Waals surface area contributed by atoms with Crippen LogP contribution < -0.4 is 5.32 Å². The van der Waals surface area contributed by atoms with Gasteiger partial charge < -0.3 is 5.32 Å². The van der Waals surface area contributed by atoms with Gasteiger partial charge in [-0.1, -0.05) is 35.3 Å². The van der Waals surface area contributed by atoms with Crippen molar-refractivity contribution in [1.29, 1.82) is 0 Å². The lowest BCUT2D eigenvalue weighted by molar-refractivity contribution is 0.308. The van der Waals surface area contributed by atoms with Crippen LogP contribution >= 0.6 is 34.8 Å². The van der Waals surface area contributed by atoms with Gasteiger partial charge in [0, 0.05) is 11.9 Å². The second kappa shape index (κ2) is 5.59. The lowest BCUT2D eigenvalue weighted by Gasteiger charge is -2.31. The van der Waals surface area contributed by atoms with Crippen molar-refractivity contribution in [3.8, 4) is 0 Å². The SMILES string of the molecule is Clc1cccc(CNCC2CC(Cl)C2)c1Cl. The van der Waals surface area contributed by atoms with Gasteiger partial charge in [-0.25, -0.2) is 0 Å². The molecule has 0 aromatic heterocycles. The molecule has 2 rings (SSSR count). The molecule has 1 nitrogen and oxygen atoms in total. The van der Waals surface area contributed by atoms with Crippen LogP contribution in [-0.2, 0) is 6.54 Å². The van der Waals surface area contributed by atoms with Gasteiger partial charge in [0.05, 0.1) is 10.0 Å². The van der Waals surface area contributed by atoms with Gasteiger partial charge in [-0.2, -0.15) is 0 Å². The molecule has 4 heteroatoms. The second-order valence-corrected chi connectivity index (χ2v) is 5.68. The lowest BCUT2D eigenvalue weighted by atomic mass is 9.85. The molecule has 88 valence electrons. The summed E-state index contributed by atoms with van der Waals surface area (Å²) in [5.41, 5.74) is 1.05. The van der Waals surface area contributed by atoms with Crippen LogP contribution in [0.2, 0.25) is 10.0 Å². The molecule has 0 amide bonds. The van der Waals surface area contributed by atoms with E-state index in [9.17, 15) is 0 Å². The molecule has 0 saturated heterocycles. The Kier molecular flexibility index (Phi) is 4.37. The first kappa shape index (κ1) is 12.5. The van der Waals surface area contributed by atoms with E-state index >= 15 is 0 Å². The molecule has 1 fully saturated rings. The molecule has 1 aromatic rings. The molecule has 0 atom stereocenters. The smallest absolute Gasteiger partial charge is 0.0637 e. The fraction of sp³-hybridized carbons (Fsp3) is 0.500. The summed E-state index contributed by atoms with van der Waals surface area (Å²) in [6.07, 6.45) is 2.25. The second-order valence-electron chi connectivity index (χ2n) is 4.28. The number of hydrogen-bond donors (Lipinski definition) is 1. The molecule has 1 aliphatic rings. The maximum absolute atomic E-state index is 6.09. The fourth-order valence-electron chi connectivity index (χ4n) is 1.92. The minimum absolute atomic E-state index is 0.390. The van der Waals surface area contributed by atoms with Crippen LogP contribution in [0.4, 0.5) is 0 Å². The largest absolute Gasteiger partial charge is 0.312 e. The van der Waals surface area contributed by atoms with Crippen LogP contribution in [-0.4, -0.2) is 11.9 Å². The van der Waals surface area contributed by atoms with Crippen molar-refractivity contribution in [1.82, 2.24) is 5.32 Å². The first-order valence-electron chi connectivity index (χ1n) is 5.44. The number of alkyl halides is 1. The third-order valence-corrected chi connectivity index (χ3v) is 4.17. The van der Waals surface area contributed by atoms with Gasteiger partial charge in [-0.3, -0.25) is 0 Å². The van der Waals surface area contributed by atoms with Crippen molar-refractivity contribution in [2.24, 2.45) is 5.92 Å². The van der Waals surface area contributed by atoms with Crippen molar-refractivity contribution in [3.63, 3.8) is 0 Å². The predicted octanol–water partition coefficient (Wildman–Crippen LogP) is 4.10. The van der Waals surface area contributed by atoms with E-state index in [1.165, 1.54) is 0 Å². The van der Waals surface area contributed by atoms with E-state index in [0.29, 0.717) is 15.4 Å². The Morgan fingerprint density at radius 2 is 2.00 bits per heavy atom. The van der Waals surface area contributed by atoms with E-state index < -0.39 is 0 Å². The number of rotatable bonds is 4. The molecule has 0 aliphatic heterocycles.